The van der Waals surface area contributed by atoms with Crippen LogP contribution in [0.4, 0.5) is 0 Å². The van der Waals surface area contributed by atoms with Crippen LogP contribution >= 0.6 is 11.8 Å². The summed E-state index contributed by atoms with van der Waals surface area (Å²) >= 11 is 1.70. The molecule has 1 aliphatic carbocycles. The summed E-state index contributed by atoms with van der Waals surface area (Å²) in [7, 11) is 0. The molecule has 2 rings (SSSR count). The van der Waals surface area contributed by atoms with E-state index in [0.717, 1.165) is 31.2 Å². The van der Waals surface area contributed by atoms with Crippen LogP contribution in [0.25, 0.3) is 0 Å². The molecule has 2 amide bonds. The summed E-state index contributed by atoms with van der Waals surface area (Å²) in [6.07, 6.45) is 6.63. The Morgan fingerprint density at radius 3 is 2.48 bits per heavy atom. The van der Waals surface area contributed by atoms with Crippen molar-refractivity contribution in [3.05, 3.63) is 29.8 Å². The van der Waals surface area contributed by atoms with Crippen LogP contribution < -0.4 is 10.6 Å². The van der Waals surface area contributed by atoms with Crippen LogP contribution in [-0.4, -0.2) is 24.6 Å². The van der Waals surface area contributed by atoms with Crippen LogP contribution in [0.5, 0.6) is 0 Å². The van der Waals surface area contributed by atoms with Gasteiger partial charge in [-0.2, -0.15) is 0 Å². The topological polar surface area (TPSA) is 58.2 Å². The van der Waals surface area contributed by atoms with Gasteiger partial charge in [-0.1, -0.05) is 25.0 Å². The van der Waals surface area contributed by atoms with E-state index in [4.69, 9.17) is 0 Å². The van der Waals surface area contributed by atoms with E-state index in [1.807, 2.05) is 25.3 Å². The van der Waals surface area contributed by atoms with Gasteiger partial charge in [0, 0.05) is 23.8 Å². The molecular weight excluding hydrogens is 308 g/mol. The fraction of sp³-hybridized carbons (Fsp3) is 0.556. The number of hydrogen-bond donors (Lipinski definition) is 2. The number of carbonyl (C=O) groups is 2. The highest BCUT2D eigenvalue weighted by molar-refractivity contribution is 7.98. The smallest absolute Gasteiger partial charge is 0.223 e. The van der Waals surface area contributed by atoms with Gasteiger partial charge in [-0.05, 0) is 43.7 Å². The Kier molecular flexibility index (Phi) is 6.96. The van der Waals surface area contributed by atoms with Gasteiger partial charge >= 0.3 is 0 Å². The summed E-state index contributed by atoms with van der Waals surface area (Å²) in [6.45, 7) is 2.39. The third kappa shape index (κ3) is 5.57. The first-order valence-corrected chi connectivity index (χ1v) is 9.53. The predicted molar refractivity (Wildman–Crippen MR) is 94.4 cm³/mol. The Balaban J connectivity index is 1.69. The Morgan fingerprint density at radius 2 is 1.87 bits per heavy atom. The standard InChI is InChI=1S/C18H26N2O2S/c1-13(14-7-9-16(23-2)10-8-14)20-17(21)11-12-19-18(22)15-5-3-4-6-15/h7-10,13,15H,3-6,11-12H2,1-2H3,(H,19,22)(H,20,21). The van der Waals surface area contributed by atoms with E-state index in [2.05, 4.69) is 22.8 Å². The van der Waals surface area contributed by atoms with Crippen LogP contribution in [0.2, 0.25) is 0 Å². The third-order valence-electron chi connectivity index (χ3n) is 4.37. The lowest BCUT2D eigenvalue weighted by molar-refractivity contribution is -0.125. The average molecular weight is 334 g/mol. The van der Waals surface area contributed by atoms with Crippen LogP contribution in [0.3, 0.4) is 0 Å². The molecule has 2 N–H and O–H groups in total. The van der Waals surface area contributed by atoms with Crippen molar-refractivity contribution < 1.29 is 9.59 Å². The number of nitrogens with one attached hydrogen (secondary N) is 2. The Bertz CT molecular complexity index is 524. The first-order chi connectivity index (χ1) is 11.1. The van der Waals surface area contributed by atoms with Gasteiger partial charge in [-0.15, -0.1) is 11.8 Å². The summed E-state index contributed by atoms with van der Waals surface area (Å²) in [5.41, 5.74) is 1.09. The second kappa shape index (κ2) is 8.96. The van der Waals surface area contributed by atoms with E-state index in [0.29, 0.717) is 13.0 Å². The molecule has 1 fully saturated rings. The van der Waals surface area contributed by atoms with Crippen molar-refractivity contribution in [2.24, 2.45) is 5.92 Å². The molecule has 0 aromatic heterocycles. The molecule has 0 heterocycles. The fourth-order valence-electron chi connectivity index (χ4n) is 2.92. The molecule has 126 valence electrons. The van der Waals surface area contributed by atoms with Gasteiger partial charge in [-0.25, -0.2) is 0 Å². The van der Waals surface area contributed by atoms with Gasteiger partial charge in [0.15, 0.2) is 0 Å². The van der Waals surface area contributed by atoms with E-state index in [-0.39, 0.29) is 23.8 Å². The molecule has 0 saturated heterocycles. The SMILES string of the molecule is CSc1ccc(C(C)NC(=O)CCNC(=O)C2CCCC2)cc1. The van der Waals surface area contributed by atoms with Gasteiger partial charge in [0.1, 0.15) is 0 Å². The van der Waals surface area contributed by atoms with Gasteiger partial charge in [-0.3, -0.25) is 9.59 Å². The van der Waals surface area contributed by atoms with Crippen LogP contribution in [0.1, 0.15) is 50.6 Å². The lowest BCUT2D eigenvalue weighted by Crippen LogP contribution is -2.34. The van der Waals surface area contributed by atoms with E-state index in [1.165, 1.54) is 4.90 Å². The largest absolute Gasteiger partial charge is 0.355 e. The maximum absolute atomic E-state index is 12.0. The minimum absolute atomic E-state index is 0.0241. The zero-order valence-corrected chi connectivity index (χ0v) is 14.7. The van der Waals surface area contributed by atoms with Gasteiger partial charge in [0.05, 0.1) is 6.04 Å². The summed E-state index contributed by atoms with van der Waals surface area (Å²) in [4.78, 5) is 25.1. The quantitative estimate of drug-likeness (QED) is 0.752. The lowest BCUT2D eigenvalue weighted by atomic mass is 10.1. The highest BCUT2D eigenvalue weighted by Crippen LogP contribution is 2.24. The molecule has 1 saturated carbocycles. The van der Waals surface area contributed by atoms with Crippen molar-refractivity contribution in [3.63, 3.8) is 0 Å². The molecule has 1 unspecified atom stereocenters. The molecule has 1 aromatic carbocycles. The first-order valence-electron chi connectivity index (χ1n) is 8.31. The first kappa shape index (κ1) is 17.9. The number of amides is 2. The Labute approximate surface area is 142 Å². The number of carbonyl (C=O) groups excluding carboxylic acids is 2. The van der Waals surface area contributed by atoms with Crippen molar-refractivity contribution in [2.75, 3.05) is 12.8 Å². The maximum atomic E-state index is 12.0. The van der Waals surface area contributed by atoms with E-state index in [1.54, 1.807) is 11.8 Å². The number of benzene rings is 1. The number of hydrogen-bond acceptors (Lipinski definition) is 3. The van der Waals surface area contributed by atoms with E-state index >= 15 is 0 Å². The summed E-state index contributed by atoms with van der Waals surface area (Å²) in [6, 6.07) is 8.18. The maximum Gasteiger partial charge on any atom is 0.223 e. The minimum Gasteiger partial charge on any atom is -0.355 e. The van der Waals surface area contributed by atoms with Crippen LogP contribution in [-0.2, 0) is 9.59 Å². The fourth-order valence-corrected chi connectivity index (χ4v) is 3.33. The molecule has 23 heavy (non-hydrogen) atoms. The van der Waals surface area contributed by atoms with Crippen molar-refractivity contribution in [1.29, 1.82) is 0 Å². The molecular formula is C18H26N2O2S. The van der Waals surface area contributed by atoms with Crippen molar-refractivity contribution in [3.8, 4) is 0 Å². The Morgan fingerprint density at radius 1 is 1.22 bits per heavy atom. The molecule has 4 nitrogen and oxygen atoms in total. The van der Waals surface area contributed by atoms with Crippen molar-refractivity contribution >= 4 is 23.6 Å². The molecule has 0 radical (unpaired) electrons. The zero-order chi connectivity index (χ0) is 16.7. The van der Waals surface area contributed by atoms with E-state index < -0.39 is 0 Å². The highest BCUT2D eigenvalue weighted by Gasteiger charge is 2.22. The monoisotopic (exact) mass is 334 g/mol. The molecule has 0 bridgehead atoms. The second-order valence-corrected chi connectivity index (χ2v) is 6.96. The molecule has 1 aliphatic rings. The van der Waals surface area contributed by atoms with Gasteiger partial charge < -0.3 is 10.6 Å². The predicted octanol–water partition coefficient (Wildman–Crippen LogP) is 3.28. The van der Waals surface area contributed by atoms with Gasteiger partial charge in [0.2, 0.25) is 11.8 Å². The van der Waals surface area contributed by atoms with Crippen molar-refractivity contribution in [1.82, 2.24) is 10.6 Å². The molecule has 1 atom stereocenters. The van der Waals surface area contributed by atoms with Crippen LogP contribution in [0, 0.1) is 5.92 Å². The summed E-state index contributed by atoms with van der Waals surface area (Å²) < 4.78 is 0. The van der Waals surface area contributed by atoms with E-state index in [9.17, 15) is 9.59 Å². The zero-order valence-electron chi connectivity index (χ0n) is 13.9. The molecule has 5 heteroatoms. The normalized spacial score (nSPS) is 16.1. The number of thioether (sulfide) groups is 1. The summed E-state index contributed by atoms with van der Waals surface area (Å²) in [5, 5.41) is 5.86. The van der Waals surface area contributed by atoms with Gasteiger partial charge in [0.25, 0.3) is 0 Å². The molecule has 1 aromatic rings. The average Bonchev–Trinajstić information content (AvgIpc) is 3.09. The summed E-state index contributed by atoms with van der Waals surface area (Å²) in [5.74, 6) is 0.237. The second-order valence-electron chi connectivity index (χ2n) is 6.08. The number of rotatable bonds is 7. The van der Waals surface area contributed by atoms with Crippen LogP contribution in [0.15, 0.2) is 29.2 Å². The lowest BCUT2D eigenvalue weighted by Gasteiger charge is -2.15. The minimum atomic E-state index is -0.0295. The Hall–Kier alpha value is -1.49. The molecule has 0 spiro atoms. The third-order valence-corrected chi connectivity index (χ3v) is 5.11. The highest BCUT2D eigenvalue weighted by atomic mass is 32.2. The molecule has 0 aliphatic heterocycles. The van der Waals surface area contributed by atoms with Crippen molar-refractivity contribution in [2.45, 2.75) is 50.0 Å².